The Morgan fingerprint density at radius 2 is 1.53 bits per heavy atom. The molecule has 2 saturated heterocycles. The average molecular weight is 801 g/mol. The molecule has 3 aromatic rings. The number of hydrogen-bond acceptors (Lipinski definition) is 11. The summed E-state index contributed by atoms with van der Waals surface area (Å²) >= 11 is 0. The number of piperidine rings is 1. The summed E-state index contributed by atoms with van der Waals surface area (Å²) in [4.78, 5) is 33.7. The van der Waals surface area contributed by atoms with Gasteiger partial charge < -0.3 is 42.8 Å². The monoisotopic (exact) mass is 800 g/mol. The molecule has 1 amide bonds. The summed E-state index contributed by atoms with van der Waals surface area (Å²) in [6.45, 7) is 5.02. The van der Waals surface area contributed by atoms with E-state index in [1.54, 1.807) is 40.4 Å². The molecule has 4 atom stereocenters. The smallest absolute Gasteiger partial charge is 0.329 e. The van der Waals surface area contributed by atoms with Crippen LogP contribution < -0.4 is 28.4 Å². The first kappa shape index (κ1) is 42.7. The standard InChI is InChI=1S/C46H60N2O10/c1-51-39-20-18-32(28-40(39)52-2)17-19-38(34-14-11-15-36(29-34)57-27-24-47-22-25-56-26-23-47)58-46(50)37-16-9-10-21-48(37)45(49)43(33-12-7-6-8-13-33)35-30-41(53-3)44(55-5)42(31-35)54-4/h7,11-12,14-15,18,20,28-31,33,37-38,43H,6,8-10,13,16-17,19,21-27H2,1-5H3/t33-,37+,38?,43+/m1/s1. The molecule has 0 N–H and O–H groups in total. The largest absolute Gasteiger partial charge is 0.493 e. The van der Waals surface area contributed by atoms with Crippen LogP contribution in [-0.4, -0.2) is 109 Å². The van der Waals surface area contributed by atoms with Crippen LogP contribution >= 0.6 is 0 Å². The zero-order chi connectivity index (χ0) is 40.9. The molecule has 2 fully saturated rings. The zero-order valence-corrected chi connectivity index (χ0v) is 34.7. The van der Waals surface area contributed by atoms with Crippen LogP contribution in [0.3, 0.4) is 0 Å². The van der Waals surface area contributed by atoms with Gasteiger partial charge in [-0.05, 0) is 110 Å². The van der Waals surface area contributed by atoms with Crippen molar-refractivity contribution in [2.45, 2.75) is 69.4 Å². The second kappa shape index (κ2) is 21.2. The van der Waals surface area contributed by atoms with Gasteiger partial charge in [0.15, 0.2) is 23.0 Å². The van der Waals surface area contributed by atoms with Gasteiger partial charge >= 0.3 is 5.97 Å². The van der Waals surface area contributed by atoms with Gasteiger partial charge in [0.2, 0.25) is 11.7 Å². The number of benzene rings is 3. The third-order valence-electron chi connectivity index (χ3n) is 11.5. The van der Waals surface area contributed by atoms with Crippen LogP contribution in [0.4, 0.5) is 0 Å². The number of carbonyl (C=O) groups excluding carboxylic acids is 2. The molecule has 3 aliphatic rings. The van der Waals surface area contributed by atoms with E-state index in [0.717, 1.165) is 81.6 Å². The van der Waals surface area contributed by atoms with Gasteiger partial charge in [0.05, 0.1) is 54.7 Å². The van der Waals surface area contributed by atoms with Crippen molar-refractivity contribution in [2.24, 2.45) is 5.92 Å². The average Bonchev–Trinajstić information content (AvgIpc) is 3.28. The number of methoxy groups -OCH3 is 5. The highest BCUT2D eigenvalue weighted by atomic mass is 16.5. The topological polar surface area (TPSA) is 114 Å². The second-order valence-corrected chi connectivity index (χ2v) is 15.0. The molecule has 1 unspecified atom stereocenters. The maximum absolute atomic E-state index is 15.0. The van der Waals surface area contributed by atoms with E-state index in [4.69, 9.17) is 37.9 Å². The van der Waals surface area contributed by atoms with Crippen LogP contribution in [0.2, 0.25) is 0 Å². The first-order chi connectivity index (χ1) is 28.4. The summed E-state index contributed by atoms with van der Waals surface area (Å²) in [6.07, 6.45) is 9.70. The zero-order valence-electron chi connectivity index (χ0n) is 34.7. The van der Waals surface area contributed by atoms with Gasteiger partial charge in [-0.25, -0.2) is 4.79 Å². The molecule has 12 nitrogen and oxygen atoms in total. The number of morpholine rings is 1. The summed E-state index contributed by atoms with van der Waals surface area (Å²) in [7, 11) is 7.94. The van der Waals surface area contributed by atoms with Crippen molar-refractivity contribution >= 4 is 11.9 Å². The van der Waals surface area contributed by atoms with E-state index in [-0.39, 0.29) is 11.8 Å². The molecule has 314 valence electrons. The Bertz CT molecular complexity index is 1820. The Morgan fingerprint density at radius 1 is 0.776 bits per heavy atom. The molecule has 0 radical (unpaired) electrons. The Labute approximate surface area is 343 Å². The number of carbonyl (C=O) groups is 2. The molecule has 0 bridgehead atoms. The highest BCUT2D eigenvalue weighted by Gasteiger charge is 2.41. The Balaban J connectivity index is 1.26. The number of rotatable bonds is 18. The number of aryl methyl sites for hydroxylation is 1. The number of amides is 1. The van der Waals surface area contributed by atoms with E-state index in [1.165, 1.54) is 0 Å². The fraction of sp³-hybridized carbons (Fsp3) is 0.522. The van der Waals surface area contributed by atoms with Gasteiger partial charge in [-0.2, -0.15) is 0 Å². The molecule has 0 aromatic heterocycles. The summed E-state index contributed by atoms with van der Waals surface area (Å²) in [5, 5.41) is 0. The third-order valence-corrected chi connectivity index (χ3v) is 11.5. The van der Waals surface area contributed by atoms with E-state index in [0.29, 0.717) is 66.9 Å². The van der Waals surface area contributed by atoms with Gasteiger partial charge in [-0.3, -0.25) is 9.69 Å². The number of ether oxygens (including phenoxy) is 8. The minimum absolute atomic E-state index is 0.0668. The summed E-state index contributed by atoms with van der Waals surface area (Å²) < 4.78 is 46.3. The third kappa shape index (κ3) is 10.6. The van der Waals surface area contributed by atoms with E-state index in [9.17, 15) is 4.79 Å². The highest BCUT2D eigenvalue weighted by Crippen LogP contribution is 2.44. The van der Waals surface area contributed by atoms with Crippen LogP contribution in [0.15, 0.2) is 66.7 Å². The van der Waals surface area contributed by atoms with Gasteiger partial charge in [-0.15, -0.1) is 0 Å². The van der Waals surface area contributed by atoms with Crippen molar-refractivity contribution in [1.29, 1.82) is 0 Å². The fourth-order valence-corrected chi connectivity index (χ4v) is 8.36. The SMILES string of the molecule is COc1ccc(CCC(OC(=O)[C@@H]2CCCCN2C(=O)[C@H](c2cc(OC)c(OC)c(OC)c2)[C@@H]2C=CCCC2)c2cccc(OCCN3CCOCC3)c2)cc1OC. The lowest BCUT2D eigenvalue weighted by Crippen LogP contribution is -2.51. The van der Waals surface area contributed by atoms with Gasteiger partial charge in [0.1, 0.15) is 24.5 Å². The number of allylic oxidation sites excluding steroid dienone is 2. The molecule has 12 heteroatoms. The Kier molecular flexibility index (Phi) is 15.6. The van der Waals surface area contributed by atoms with E-state index in [2.05, 4.69) is 17.1 Å². The second-order valence-electron chi connectivity index (χ2n) is 15.0. The Hall–Kier alpha value is -4.94. The minimum atomic E-state index is -0.741. The van der Waals surface area contributed by atoms with E-state index < -0.39 is 24.0 Å². The first-order valence-corrected chi connectivity index (χ1v) is 20.6. The first-order valence-electron chi connectivity index (χ1n) is 20.6. The van der Waals surface area contributed by atoms with Gasteiger partial charge in [0.25, 0.3) is 0 Å². The van der Waals surface area contributed by atoms with Crippen molar-refractivity contribution < 1.29 is 47.5 Å². The molecule has 58 heavy (non-hydrogen) atoms. The minimum Gasteiger partial charge on any atom is -0.493 e. The van der Waals surface area contributed by atoms with Gasteiger partial charge in [0, 0.05) is 26.2 Å². The van der Waals surface area contributed by atoms with E-state index >= 15 is 4.79 Å². The predicted molar refractivity (Wildman–Crippen MR) is 221 cm³/mol. The molecular weight excluding hydrogens is 741 g/mol. The summed E-state index contributed by atoms with van der Waals surface area (Å²) in [5.41, 5.74) is 2.60. The maximum Gasteiger partial charge on any atom is 0.329 e. The molecule has 6 rings (SSSR count). The van der Waals surface area contributed by atoms with Crippen molar-refractivity contribution in [3.63, 3.8) is 0 Å². The summed E-state index contributed by atoms with van der Waals surface area (Å²) in [6, 6.07) is 16.6. The van der Waals surface area contributed by atoms with Crippen LogP contribution in [0.25, 0.3) is 0 Å². The van der Waals surface area contributed by atoms with Crippen molar-refractivity contribution in [2.75, 3.05) is 81.5 Å². The number of nitrogens with zero attached hydrogens (tertiary/aromatic N) is 2. The lowest BCUT2D eigenvalue weighted by Gasteiger charge is -2.39. The number of esters is 1. The lowest BCUT2D eigenvalue weighted by atomic mass is 9.78. The van der Waals surface area contributed by atoms with Crippen LogP contribution in [-0.2, 0) is 25.5 Å². The van der Waals surface area contributed by atoms with Crippen LogP contribution in [0, 0.1) is 5.92 Å². The molecule has 2 aliphatic heterocycles. The number of likely N-dealkylation sites (tertiary alicyclic amines) is 1. The molecule has 1 aliphatic carbocycles. The summed E-state index contributed by atoms with van der Waals surface area (Å²) in [5.74, 6) is 2.26. The molecule has 2 heterocycles. The predicted octanol–water partition coefficient (Wildman–Crippen LogP) is 7.18. The molecular formula is C46H60N2O10. The fourth-order valence-electron chi connectivity index (χ4n) is 8.36. The van der Waals surface area contributed by atoms with Crippen molar-refractivity contribution in [3.8, 4) is 34.5 Å². The molecule has 0 spiro atoms. The normalized spacial score (nSPS) is 19.4. The van der Waals surface area contributed by atoms with Crippen LogP contribution in [0.1, 0.15) is 73.7 Å². The maximum atomic E-state index is 15.0. The molecule has 3 aromatic carbocycles. The van der Waals surface area contributed by atoms with Crippen LogP contribution in [0.5, 0.6) is 34.5 Å². The molecule has 0 saturated carbocycles. The lowest BCUT2D eigenvalue weighted by molar-refractivity contribution is -0.163. The highest BCUT2D eigenvalue weighted by molar-refractivity contribution is 5.90. The Morgan fingerprint density at radius 3 is 2.22 bits per heavy atom. The van der Waals surface area contributed by atoms with Crippen molar-refractivity contribution in [3.05, 3.63) is 83.4 Å². The number of hydrogen-bond donors (Lipinski definition) is 0. The quantitative estimate of drug-likeness (QED) is 0.0964. The van der Waals surface area contributed by atoms with Gasteiger partial charge in [-0.1, -0.05) is 30.4 Å². The van der Waals surface area contributed by atoms with E-state index in [1.807, 2.05) is 54.6 Å². The van der Waals surface area contributed by atoms with Crippen molar-refractivity contribution in [1.82, 2.24) is 9.80 Å².